The molecule has 1 aliphatic carbocycles. The first-order valence-electron chi connectivity index (χ1n) is 7.47. The Morgan fingerprint density at radius 2 is 2.10 bits per heavy atom. The first-order valence-corrected chi connectivity index (χ1v) is 7.47. The molecule has 0 saturated heterocycles. The van der Waals surface area contributed by atoms with Crippen molar-refractivity contribution in [2.24, 2.45) is 0 Å². The molecule has 0 aliphatic heterocycles. The zero-order valence-corrected chi connectivity index (χ0v) is 12.3. The van der Waals surface area contributed by atoms with Crippen molar-refractivity contribution in [2.75, 3.05) is 13.2 Å². The van der Waals surface area contributed by atoms with E-state index in [1.807, 2.05) is 13.8 Å². The summed E-state index contributed by atoms with van der Waals surface area (Å²) < 4.78 is 0. The van der Waals surface area contributed by atoms with E-state index < -0.39 is 0 Å². The topological polar surface area (TPSA) is 82.1 Å². The Bertz CT molecular complexity index is 438. The van der Waals surface area contributed by atoms with Crippen LogP contribution >= 0.6 is 0 Å². The number of hydrogen-bond acceptors (Lipinski definition) is 4. The third kappa shape index (κ3) is 3.36. The van der Waals surface area contributed by atoms with Crippen LogP contribution in [0.15, 0.2) is 0 Å². The lowest BCUT2D eigenvalue weighted by atomic mass is 9.94. The van der Waals surface area contributed by atoms with Gasteiger partial charge in [0.1, 0.15) is 5.82 Å². The predicted octanol–water partition coefficient (Wildman–Crippen LogP) is 1.70. The SMILES string of the molecule is CC(C)c1nc(C(=O)N(CCO)C2CCCCC2)n[nH]1. The van der Waals surface area contributed by atoms with Crippen molar-refractivity contribution in [3.8, 4) is 0 Å². The average Bonchev–Trinajstić information content (AvgIpc) is 2.95. The molecule has 1 aliphatic rings. The van der Waals surface area contributed by atoms with Crippen LogP contribution in [0.4, 0.5) is 0 Å². The lowest BCUT2D eigenvalue weighted by Crippen LogP contribution is -2.43. The van der Waals surface area contributed by atoms with Gasteiger partial charge in [0, 0.05) is 18.5 Å². The van der Waals surface area contributed by atoms with Crippen molar-refractivity contribution in [3.63, 3.8) is 0 Å². The highest BCUT2D eigenvalue weighted by atomic mass is 16.3. The molecular weight excluding hydrogens is 256 g/mol. The van der Waals surface area contributed by atoms with Crippen LogP contribution in [0.3, 0.4) is 0 Å². The van der Waals surface area contributed by atoms with Gasteiger partial charge in [0.15, 0.2) is 0 Å². The summed E-state index contributed by atoms with van der Waals surface area (Å²) in [5, 5.41) is 16.1. The smallest absolute Gasteiger partial charge is 0.293 e. The molecule has 1 aromatic heterocycles. The van der Waals surface area contributed by atoms with Gasteiger partial charge < -0.3 is 10.0 Å². The fraction of sp³-hybridized carbons (Fsp3) is 0.786. The summed E-state index contributed by atoms with van der Waals surface area (Å²) in [6, 6.07) is 0.212. The van der Waals surface area contributed by atoms with Gasteiger partial charge in [-0.3, -0.25) is 9.89 Å². The summed E-state index contributed by atoms with van der Waals surface area (Å²) in [6.45, 7) is 4.33. The van der Waals surface area contributed by atoms with Gasteiger partial charge in [0.05, 0.1) is 6.61 Å². The number of rotatable bonds is 5. The largest absolute Gasteiger partial charge is 0.395 e. The molecule has 2 N–H and O–H groups in total. The lowest BCUT2D eigenvalue weighted by Gasteiger charge is -2.33. The fourth-order valence-corrected chi connectivity index (χ4v) is 2.71. The second-order valence-corrected chi connectivity index (χ2v) is 5.71. The number of aromatic amines is 1. The van der Waals surface area contributed by atoms with Crippen LogP contribution in [0.25, 0.3) is 0 Å². The van der Waals surface area contributed by atoms with Crippen LogP contribution in [-0.4, -0.2) is 50.3 Å². The van der Waals surface area contributed by atoms with Gasteiger partial charge in [-0.2, -0.15) is 0 Å². The van der Waals surface area contributed by atoms with Gasteiger partial charge in [0.2, 0.25) is 5.82 Å². The van der Waals surface area contributed by atoms with Gasteiger partial charge in [0.25, 0.3) is 5.91 Å². The number of aliphatic hydroxyl groups is 1. The Balaban J connectivity index is 2.12. The third-order valence-corrected chi connectivity index (χ3v) is 3.86. The second kappa shape index (κ2) is 6.83. The first kappa shape index (κ1) is 15.0. The van der Waals surface area contributed by atoms with Gasteiger partial charge in [-0.1, -0.05) is 33.1 Å². The Labute approximate surface area is 119 Å². The quantitative estimate of drug-likeness (QED) is 0.860. The Kier molecular flexibility index (Phi) is 5.11. The van der Waals surface area contributed by atoms with E-state index in [1.165, 1.54) is 6.42 Å². The van der Waals surface area contributed by atoms with Crippen molar-refractivity contribution < 1.29 is 9.90 Å². The molecule has 1 fully saturated rings. The minimum Gasteiger partial charge on any atom is -0.395 e. The van der Waals surface area contributed by atoms with Crippen LogP contribution in [0, 0.1) is 0 Å². The minimum atomic E-state index is -0.172. The summed E-state index contributed by atoms with van der Waals surface area (Å²) in [5.41, 5.74) is 0. The van der Waals surface area contributed by atoms with Gasteiger partial charge >= 0.3 is 0 Å². The number of aliphatic hydroxyl groups excluding tert-OH is 1. The number of aromatic nitrogens is 3. The van der Waals surface area contributed by atoms with E-state index in [0.717, 1.165) is 31.5 Å². The predicted molar refractivity (Wildman–Crippen MR) is 75.5 cm³/mol. The zero-order valence-electron chi connectivity index (χ0n) is 12.3. The number of H-pyrrole nitrogens is 1. The van der Waals surface area contributed by atoms with Crippen LogP contribution in [0.1, 0.15) is 68.3 Å². The number of carbonyl (C=O) groups excluding carboxylic acids is 1. The first-order chi connectivity index (χ1) is 9.63. The molecule has 0 atom stereocenters. The lowest BCUT2D eigenvalue weighted by molar-refractivity contribution is 0.0573. The molecule has 112 valence electrons. The van der Waals surface area contributed by atoms with Gasteiger partial charge in [-0.25, -0.2) is 4.98 Å². The highest BCUT2D eigenvalue weighted by Crippen LogP contribution is 2.23. The van der Waals surface area contributed by atoms with Gasteiger partial charge in [-0.15, -0.1) is 5.10 Å². The molecule has 6 heteroatoms. The summed E-state index contributed by atoms with van der Waals surface area (Å²) in [7, 11) is 0. The summed E-state index contributed by atoms with van der Waals surface area (Å²) in [5.74, 6) is 0.979. The second-order valence-electron chi connectivity index (χ2n) is 5.71. The Morgan fingerprint density at radius 3 is 2.65 bits per heavy atom. The van der Waals surface area contributed by atoms with Gasteiger partial charge in [-0.05, 0) is 12.8 Å². The average molecular weight is 280 g/mol. The van der Waals surface area contributed by atoms with Crippen LogP contribution in [0.5, 0.6) is 0 Å². The Hall–Kier alpha value is -1.43. The van der Waals surface area contributed by atoms with E-state index >= 15 is 0 Å². The Morgan fingerprint density at radius 1 is 1.40 bits per heavy atom. The maximum atomic E-state index is 12.5. The molecule has 0 bridgehead atoms. The molecular formula is C14H24N4O2. The molecule has 20 heavy (non-hydrogen) atoms. The summed E-state index contributed by atoms with van der Waals surface area (Å²) in [4.78, 5) is 18.6. The molecule has 0 unspecified atom stereocenters. The summed E-state index contributed by atoms with van der Waals surface area (Å²) in [6.07, 6.45) is 5.53. The standard InChI is InChI=1S/C14H24N4O2/c1-10(2)12-15-13(17-16-12)14(20)18(8-9-19)11-6-4-3-5-7-11/h10-11,19H,3-9H2,1-2H3,(H,15,16,17). The fourth-order valence-electron chi connectivity index (χ4n) is 2.71. The molecule has 1 aromatic rings. The molecule has 0 spiro atoms. The van der Waals surface area contributed by atoms with Crippen LogP contribution < -0.4 is 0 Å². The number of amides is 1. The van der Waals surface area contributed by atoms with Crippen molar-refractivity contribution in [1.29, 1.82) is 0 Å². The van der Waals surface area contributed by atoms with E-state index in [-0.39, 0.29) is 30.3 Å². The van der Waals surface area contributed by atoms with Crippen LogP contribution in [-0.2, 0) is 0 Å². The monoisotopic (exact) mass is 280 g/mol. The molecule has 6 nitrogen and oxygen atoms in total. The molecule has 2 rings (SSSR count). The zero-order chi connectivity index (χ0) is 14.5. The number of hydrogen-bond donors (Lipinski definition) is 2. The van der Waals surface area contributed by atoms with E-state index in [2.05, 4.69) is 15.2 Å². The number of carbonyl (C=O) groups is 1. The minimum absolute atomic E-state index is 0.0241. The normalized spacial score (nSPS) is 16.6. The summed E-state index contributed by atoms with van der Waals surface area (Å²) >= 11 is 0. The number of nitrogens with one attached hydrogen (secondary N) is 1. The van der Waals surface area contributed by atoms with Crippen molar-refractivity contribution in [3.05, 3.63) is 11.6 Å². The molecule has 0 aromatic carbocycles. The maximum Gasteiger partial charge on any atom is 0.293 e. The highest BCUT2D eigenvalue weighted by molar-refractivity contribution is 5.90. The number of nitrogens with zero attached hydrogens (tertiary/aromatic N) is 3. The van der Waals surface area contributed by atoms with E-state index in [1.54, 1.807) is 4.90 Å². The maximum absolute atomic E-state index is 12.5. The van der Waals surface area contributed by atoms with E-state index in [0.29, 0.717) is 6.54 Å². The van der Waals surface area contributed by atoms with Crippen LogP contribution in [0.2, 0.25) is 0 Å². The van der Waals surface area contributed by atoms with Crippen molar-refractivity contribution in [1.82, 2.24) is 20.1 Å². The molecule has 1 saturated carbocycles. The molecule has 1 heterocycles. The highest BCUT2D eigenvalue weighted by Gasteiger charge is 2.28. The molecule has 1 amide bonds. The molecule has 0 radical (unpaired) electrons. The van der Waals surface area contributed by atoms with E-state index in [4.69, 9.17) is 0 Å². The van der Waals surface area contributed by atoms with E-state index in [9.17, 15) is 9.90 Å². The van der Waals surface area contributed by atoms with Crippen molar-refractivity contribution in [2.45, 2.75) is 57.9 Å². The van der Waals surface area contributed by atoms with Crippen molar-refractivity contribution >= 4 is 5.91 Å². The third-order valence-electron chi connectivity index (χ3n) is 3.86.